The number of nitrogens with zero attached hydrogens (tertiary/aromatic N) is 1. The van der Waals surface area contributed by atoms with Crippen molar-refractivity contribution in [1.82, 2.24) is 4.98 Å². The van der Waals surface area contributed by atoms with Crippen molar-refractivity contribution in [2.45, 2.75) is 13.3 Å². The van der Waals surface area contributed by atoms with Gasteiger partial charge in [-0.1, -0.05) is 0 Å². The SMILES string of the molecule is O=C([O][Sn]([CH2]c1ccccc1)([CH2]c1ccccc1)[CH2]c1ccccc1)c1ccccn1. The number of hydrogen-bond acceptors (Lipinski definition) is 3. The van der Waals surface area contributed by atoms with Crippen LogP contribution in [0.5, 0.6) is 0 Å². The van der Waals surface area contributed by atoms with Crippen molar-refractivity contribution in [3.63, 3.8) is 0 Å². The first kappa shape index (κ1) is 21.3. The van der Waals surface area contributed by atoms with E-state index in [1.807, 2.05) is 30.3 Å². The summed E-state index contributed by atoms with van der Waals surface area (Å²) in [6.45, 7) is 0. The van der Waals surface area contributed by atoms with E-state index in [1.165, 1.54) is 16.7 Å². The summed E-state index contributed by atoms with van der Waals surface area (Å²) in [5, 5.41) is 0. The molecule has 0 spiro atoms. The molecule has 0 aliphatic carbocycles. The Morgan fingerprint density at radius 1 is 0.613 bits per heavy atom. The zero-order chi connectivity index (χ0) is 21.4. The third kappa shape index (κ3) is 6.05. The second-order valence-electron chi connectivity index (χ2n) is 7.77. The molecular formula is C27H25NO2Sn. The molecule has 31 heavy (non-hydrogen) atoms. The molecule has 3 aromatic carbocycles. The van der Waals surface area contributed by atoms with Gasteiger partial charge in [0.25, 0.3) is 0 Å². The van der Waals surface area contributed by atoms with E-state index in [2.05, 4.69) is 77.8 Å². The molecule has 4 aromatic rings. The second-order valence-corrected chi connectivity index (χ2v) is 18.1. The molecule has 0 N–H and O–H groups in total. The fourth-order valence-electron chi connectivity index (χ4n) is 3.93. The quantitative estimate of drug-likeness (QED) is 0.291. The van der Waals surface area contributed by atoms with Crippen LogP contribution in [-0.4, -0.2) is 29.7 Å². The fourth-order valence-corrected chi connectivity index (χ4v) is 15.4. The molecule has 1 heterocycles. The standard InChI is InChI=1S/3C7H7.C6H5NO2.Sn/c3*1-7-5-3-2-4-6-7;8-6(9)5-3-1-2-4-7-5;/h3*2-6H,1H2;1-4H,(H,8,9);/q;;;;+1/p-1. The first-order valence-corrected chi connectivity index (χ1v) is 17.7. The number of carbonyl (C=O) groups excluding carboxylic acids is 1. The van der Waals surface area contributed by atoms with Gasteiger partial charge in [-0.2, -0.15) is 0 Å². The summed E-state index contributed by atoms with van der Waals surface area (Å²) in [5.74, 6) is -0.306. The van der Waals surface area contributed by atoms with Crippen LogP contribution in [0.1, 0.15) is 27.2 Å². The summed E-state index contributed by atoms with van der Waals surface area (Å²) >= 11 is -3.63. The first-order chi connectivity index (χ1) is 15.2. The Bertz CT molecular complexity index is 986. The molecule has 0 unspecified atom stereocenters. The summed E-state index contributed by atoms with van der Waals surface area (Å²) in [5.41, 5.74) is 4.04. The van der Waals surface area contributed by atoms with Gasteiger partial charge < -0.3 is 0 Å². The summed E-state index contributed by atoms with van der Waals surface area (Å²) in [7, 11) is 0. The number of pyridine rings is 1. The molecule has 0 aliphatic rings. The molecule has 0 saturated carbocycles. The summed E-state index contributed by atoms with van der Waals surface area (Å²) in [4.78, 5) is 17.4. The van der Waals surface area contributed by atoms with Crippen LogP contribution in [0.2, 0.25) is 0 Å². The van der Waals surface area contributed by atoms with E-state index >= 15 is 0 Å². The van der Waals surface area contributed by atoms with Crippen molar-refractivity contribution in [2.24, 2.45) is 0 Å². The molecular weight excluding hydrogens is 489 g/mol. The van der Waals surface area contributed by atoms with Crippen LogP contribution in [0.15, 0.2) is 115 Å². The van der Waals surface area contributed by atoms with Crippen LogP contribution in [0.3, 0.4) is 0 Å². The predicted molar refractivity (Wildman–Crippen MR) is 126 cm³/mol. The van der Waals surface area contributed by atoms with Crippen LogP contribution in [0.4, 0.5) is 0 Å². The molecule has 154 valence electrons. The maximum absolute atomic E-state index is 13.2. The monoisotopic (exact) mass is 515 g/mol. The molecule has 0 amide bonds. The third-order valence-electron chi connectivity index (χ3n) is 5.29. The Morgan fingerprint density at radius 2 is 1.03 bits per heavy atom. The molecule has 1 aromatic heterocycles. The average Bonchev–Trinajstić information content (AvgIpc) is 2.81. The summed E-state index contributed by atoms with van der Waals surface area (Å²) < 4.78 is 9.00. The van der Waals surface area contributed by atoms with Crippen LogP contribution in [0, 0.1) is 0 Å². The van der Waals surface area contributed by atoms with E-state index in [0.717, 1.165) is 13.3 Å². The van der Waals surface area contributed by atoms with Crippen molar-refractivity contribution in [3.8, 4) is 0 Å². The molecule has 3 nitrogen and oxygen atoms in total. The zero-order valence-corrected chi connectivity index (χ0v) is 20.2. The number of aromatic nitrogens is 1. The minimum absolute atomic E-state index is 0.306. The molecule has 0 bridgehead atoms. The molecule has 4 rings (SSSR count). The fraction of sp³-hybridized carbons (Fsp3) is 0.111. The number of benzene rings is 3. The van der Waals surface area contributed by atoms with Gasteiger partial charge in [0.1, 0.15) is 0 Å². The molecule has 0 atom stereocenters. The van der Waals surface area contributed by atoms with Crippen molar-refractivity contribution < 1.29 is 7.87 Å². The van der Waals surface area contributed by atoms with Gasteiger partial charge in [0.15, 0.2) is 0 Å². The van der Waals surface area contributed by atoms with Gasteiger partial charge in [0.2, 0.25) is 0 Å². The topological polar surface area (TPSA) is 39.2 Å². The molecule has 0 fully saturated rings. The van der Waals surface area contributed by atoms with Crippen molar-refractivity contribution >= 4 is 24.8 Å². The summed E-state index contributed by atoms with van der Waals surface area (Å²) in [6, 6.07) is 36.6. The first-order valence-electron chi connectivity index (χ1n) is 10.5. The van der Waals surface area contributed by atoms with Crippen molar-refractivity contribution in [3.05, 3.63) is 138 Å². The van der Waals surface area contributed by atoms with Crippen LogP contribution in [-0.2, 0) is 16.4 Å². The van der Waals surface area contributed by atoms with E-state index in [0.29, 0.717) is 5.69 Å². The van der Waals surface area contributed by atoms with E-state index in [4.69, 9.17) is 3.07 Å². The van der Waals surface area contributed by atoms with Crippen LogP contribution in [0.25, 0.3) is 0 Å². The number of rotatable bonds is 8. The molecule has 0 aliphatic heterocycles. The number of carbonyl (C=O) groups is 1. The van der Waals surface area contributed by atoms with Gasteiger partial charge in [-0.3, -0.25) is 0 Å². The van der Waals surface area contributed by atoms with Gasteiger partial charge in [0, 0.05) is 0 Å². The van der Waals surface area contributed by atoms with Crippen LogP contribution >= 0.6 is 0 Å². The second kappa shape index (κ2) is 10.4. The maximum atomic E-state index is 13.2. The van der Waals surface area contributed by atoms with Gasteiger partial charge >= 0.3 is 189 Å². The van der Waals surface area contributed by atoms with Crippen molar-refractivity contribution in [1.29, 1.82) is 0 Å². The van der Waals surface area contributed by atoms with Gasteiger partial charge in [-0.15, -0.1) is 0 Å². The predicted octanol–water partition coefficient (Wildman–Crippen LogP) is 5.53. The van der Waals surface area contributed by atoms with E-state index in [1.54, 1.807) is 12.3 Å². The molecule has 0 radical (unpaired) electrons. The summed E-state index contributed by atoms with van der Waals surface area (Å²) in [6.07, 6.45) is 1.64. The minimum atomic E-state index is -3.63. The normalized spacial score (nSPS) is 11.1. The van der Waals surface area contributed by atoms with Crippen LogP contribution < -0.4 is 0 Å². The Kier molecular flexibility index (Phi) is 7.15. The Labute approximate surface area is 188 Å². The number of hydrogen-bond donors (Lipinski definition) is 0. The van der Waals surface area contributed by atoms with Crippen molar-refractivity contribution in [2.75, 3.05) is 0 Å². The Hall–Kier alpha value is -2.92. The van der Waals surface area contributed by atoms with Gasteiger partial charge in [-0.05, 0) is 0 Å². The van der Waals surface area contributed by atoms with E-state index in [-0.39, 0.29) is 5.97 Å². The van der Waals surface area contributed by atoms with E-state index < -0.39 is 18.8 Å². The Morgan fingerprint density at radius 3 is 1.42 bits per heavy atom. The van der Waals surface area contributed by atoms with Gasteiger partial charge in [-0.25, -0.2) is 0 Å². The molecule has 0 saturated heterocycles. The molecule has 4 heteroatoms. The third-order valence-corrected chi connectivity index (χ3v) is 16.1. The Balaban J connectivity index is 1.74. The van der Waals surface area contributed by atoms with Gasteiger partial charge in [0.05, 0.1) is 0 Å². The average molecular weight is 514 g/mol. The van der Waals surface area contributed by atoms with E-state index in [9.17, 15) is 4.79 Å². The zero-order valence-electron chi connectivity index (χ0n) is 17.4.